The molecule has 0 heterocycles. The van der Waals surface area contributed by atoms with Crippen LogP contribution in [-0.4, -0.2) is 36.8 Å². The molecule has 0 aliphatic rings. The SMILES string of the molecule is COC(=O)[C@H](Cc1ccccc1)N(C=O)C=O. The lowest BCUT2D eigenvalue weighted by molar-refractivity contribution is -0.152. The van der Waals surface area contributed by atoms with Gasteiger partial charge in [-0.15, -0.1) is 0 Å². The monoisotopic (exact) mass is 235 g/mol. The number of rotatable bonds is 6. The molecule has 0 unspecified atom stereocenters. The van der Waals surface area contributed by atoms with E-state index in [1.54, 1.807) is 0 Å². The van der Waals surface area contributed by atoms with Gasteiger partial charge in [0.2, 0.25) is 12.8 Å². The first-order chi connectivity index (χ1) is 8.22. The average molecular weight is 235 g/mol. The van der Waals surface area contributed by atoms with Crippen LogP contribution in [0.4, 0.5) is 0 Å². The van der Waals surface area contributed by atoms with E-state index < -0.39 is 12.0 Å². The highest BCUT2D eigenvalue weighted by molar-refractivity contribution is 5.84. The lowest BCUT2D eigenvalue weighted by Crippen LogP contribution is -2.41. The predicted octanol–water partition coefficient (Wildman–Crippen LogP) is 0.385. The molecule has 0 saturated heterocycles. The Bertz CT molecular complexity index is 383. The fraction of sp³-hybridized carbons (Fsp3) is 0.250. The Kier molecular flexibility index (Phi) is 4.87. The van der Waals surface area contributed by atoms with Crippen molar-refractivity contribution in [3.8, 4) is 0 Å². The minimum absolute atomic E-state index is 0.241. The van der Waals surface area contributed by atoms with Gasteiger partial charge in [0, 0.05) is 6.42 Å². The van der Waals surface area contributed by atoms with Crippen LogP contribution >= 0.6 is 0 Å². The van der Waals surface area contributed by atoms with E-state index in [0.29, 0.717) is 12.8 Å². The van der Waals surface area contributed by atoms with Crippen LogP contribution in [0.25, 0.3) is 0 Å². The van der Waals surface area contributed by atoms with Crippen molar-refractivity contribution in [2.24, 2.45) is 0 Å². The number of hydrogen-bond donors (Lipinski definition) is 0. The van der Waals surface area contributed by atoms with Crippen LogP contribution in [-0.2, 0) is 25.5 Å². The number of carbonyl (C=O) groups is 3. The minimum atomic E-state index is -0.919. The van der Waals surface area contributed by atoms with E-state index in [-0.39, 0.29) is 6.42 Å². The average Bonchev–Trinajstić information content (AvgIpc) is 2.39. The molecule has 0 spiro atoms. The van der Waals surface area contributed by atoms with Crippen molar-refractivity contribution in [2.45, 2.75) is 12.5 Å². The summed E-state index contributed by atoms with van der Waals surface area (Å²) in [6.07, 6.45) is 0.875. The molecule has 90 valence electrons. The summed E-state index contributed by atoms with van der Waals surface area (Å²) < 4.78 is 4.57. The summed E-state index contributed by atoms with van der Waals surface area (Å²) in [5, 5.41) is 0. The number of esters is 1. The summed E-state index contributed by atoms with van der Waals surface area (Å²) in [5.74, 6) is -0.618. The van der Waals surface area contributed by atoms with Crippen LogP contribution in [0, 0.1) is 0 Å². The number of amides is 2. The third-order valence-electron chi connectivity index (χ3n) is 2.35. The van der Waals surface area contributed by atoms with Gasteiger partial charge in [0.25, 0.3) is 0 Å². The number of carbonyl (C=O) groups excluding carboxylic acids is 3. The third-order valence-corrected chi connectivity index (χ3v) is 2.35. The molecule has 0 fully saturated rings. The molecule has 0 bridgehead atoms. The van der Waals surface area contributed by atoms with Crippen molar-refractivity contribution in [1.29, 1.82) is 0 Å². The zero-order valence-corrected chi connectivity index (χ0v) is 9.41. The second-order valence-electron chi connectivity index (χ2n) is 3.39. The van der Waals surface area contributed by atoms with E-state index in [0.717, 1.165) is 10.5 Å². The van der Waals surface area contributed by atoms with Gasteiger partial charge >= 0.3 is 5.97 Å². The van der Waals surface area contributed by atoms with E-state index in [2.05, 4.69) is 4.74 Å². The smallest absolute Gasteiger partial charge is 0.329 e. The fourth-order valence-electron chi connectivity index (χ4n) is 1.46. The highest BCUT2D eigenvalue weighted by atomic mass is 16.5. The molecule has 0 aliphatic carbocycles. The summed E-state index contributed by atoms with van der Waals surface area (Å²) >= 11 is 0. The standard InChI is InChI=1S/C12H13NO4/c1-17-12(16)11(13(8-14)9-15)7-10-5-3-2-4-6-10/h2-6,8-9,11H,7H2,1H3/t11-/m0/s1. The molecular weight excluding hydrogens is 222 g/mol. The highest BCUT2D eigenvalue weighted by Crippen LogP contribution is 2.08. The van der Waals surface area contributed by atoms with Crippen LogP contribution in [0.15, 0.2) is 30.3 Å². The maximum atomic E-state index is 11.5. The van der Waals surface area contributed by atoms with Crippen LogP contribution < -0.4 is 0 Å². The van der Waals surface area contributed by atoms with Gasteiger partial charge in [-0.1, -0.05) is 30.3 Å². The summed E-state index contributed by atoms with van der Waals surface area (Å²) in [7, 11) is 1.22. The molecule has 1 aromatic rings. The normalized spacial score (nSPS) is 11.4. The number of nitrogens with zero attached hydrogens (tertiary/aromatic N) is 1. The summed E-state index contributed by atoms with van der Waals surface area (Å²) in [6.45, 7) is 0. The molecule has 0 N–H and O–H groups in total. The van der Waals surface area contributed by atoms with E-state index in [9.17, 15) is 14.4 Å². The Morgan fingerprint density at radius 1 is 1.29 bits per heavy atom. The number of methoxy groups -OCH3 is 1. The maximum absolute atomic E-state index is 11.5. The molecule has 17 heavy (non-hydrogen) atoms. The summed E-state index contributed by atoms with van der Waals surface area (Å²) in [6, 6.07) is 8.17. The number of hydrogen-bond acceptors (Lipinski definition) is 4. The van der Waals surface area contributed by atoms with Gasteiger partial charge in [0.15, 0.2) is 0 Å². The highest BCUT2D eigenvalue weighted by Gasteiger charge is 2.25. The van der Waals surface area contributed by atoms with Crippen molar-refractivity contribution in [2.75, 3.05) is 7.11 Å². The summed E-state index contributed by atoms with van der Waals surface area (Å²) in [4.78, 5) is 33.6. The topological polar surface area (TPSA) is 63.7 Å². The molecule has 5 heteroatoms. The van der Waals surface area contributed by atoms with Crippen LogP contribution in [0.5, 0.6) is 0 Å². The van der Waals surface area contributed by atoms with E-state index >= 15 is 0 Å². The van der Waals surface area contributed by atoms with Gasteiger partial charge in [0.1, 0.15) is 6.04 Å². The van der Waals surface area contributed by atoms with Crippen molar-refractivity contribution in [3.63, 3.8) is 0 Å². The molecule has 0 radical (unpaired) electrons. The predicted molar refractivity (Wildman–Crippen MR) is 59.9 cm³/mol. The number of benzene rings is 1. The minimum Gasteiger partial charge on any atom is -0.467 e. The maximum Gasteiger partial charge on any atom is 0.329 e. The first kappa shape index (κ1) is 12.9. The van der Waals surface area contributed by atoms with Gasteiger partial charge in [-0.05, 0) is 5.56 Å². The van der Waals surface area contributed by atoms with Crippen molar-refractivity contribution < 1.29 is 19.1 Å². The van der Waals surface area contributed by atoms with E-state index in [1.807, 2.05) is 30.3 Å². The first-order valence-corrected chi connectivity index (χ1v) is 5.02. The molecular formula is C12H13NO4. The molecule has 1 atom stereocenters. The molecule has 0 aliphatic heterocycles. The zero-order chi connectivity index (χ0) is 12.7. The third kappa shape index (κ3) is 3.41. The zero-order valence-electron chi connectivity index (χ0n) is 9.41. The molecule has 5 nitrogen and oxygen atoms in total. The lowest BCUT2D eigenvalue weighted by atomic mass is 10.1. The molecule has 0 saturated carbocycles. The Balaban J connectivity index is 2.87. The summed E-state index contributed by atoms with van der Waals surface area (Å²) in [5.41, 5.74) is 0.844. The Labute approximate surface area is 99.0 Å². The van der Waals surface area contributed by atoms with Gasteiger partial charge < -0.3 is 4.74 Å². The lowest BCUT2D eigenvalue weighted by Gasteiger charge is -2.20. The second kappa shape index (κ2) is 6.42. The first-order valence-electron chi connectivity index (χ1n) is 5.02. The number of ether oxygens (including phenoxy) is 1. The van der Waals surface area contributed by atoms with Gasteiger partial charge in [-0.2, -0.15) is 0 Å². The van der Waals surface area contributed by atoms with Crippen molar-refractivity contribution in [1.82, 2.24) is 4.90 Å². The van der Waals surface area contributed by atoms with Gasteiger partial charge in [-0.25, -0.2) is 4.79 Å². The van der Waals surface area contributed by atoms with Crippen LogP contribution in [0.1, 0.15) is 5.56 Å². The Hall–Kier alpha value is -2.17. The Morgan fingerprint density at radius 3 is 2.35 bits per heavy atom. The van der Waals surface area contributed by atoms with Crippen LogP contribution in [0.2, 0.25) is 0 Å². The largest absolute Gasteiger partial charge is 0.467 e. The molecule has 2 amide bonds. The number of imide groups is 1. The van der Waals surface area contributed by atoms with E-state index in [4.69, 9.17) is 0 Å². The fourth-order valence-corrected chi connectivity index (χ4v) is 1.46. The van der Waals surface area contributed by atoms with Gasteiger partial charge in [0.05, 0.1) is 7.11 Å². The van der Waals surface area contributed by atoms with Crippen molar-refractivity contribution >= 4 is 18.8 Å². The Morgan fingerprint density at radius 2 is 1.88 bits per heavy atom. The molecule has 1 aromatic carbocycles. The molecule has 1 rings (SSSR count). The second-order valence-corrected chi connectivity index (χ2v) is 3.39. The quantitative estimate of drug-likeness (QED) is 0.528. The van der Waals surface area contributed by atoms with Crippen molar-refractivity contribution in [3.05, 3.63) is 35.9 Å². The van der Waals surface area contributed by atoms with E-state index in [1.165, 1.54) is 7.11 Å². The molecule has 0 aromatic heterocycles. The van der Waals surface area contributed by atoms with Crippen LogP contribution in [0.3, 0.4) is 0 Å². The van der Waals surface area contributed by atoms with Gasteiger partial charge in [-0.3, -0.25) is 14.5 Å².